The molecule has 0 saturated carbocycles. The number of phenolic OH excluding ortho intramolecular Hbond substituents is 1. The Balaban J connectivity index is 2.25. The Morgan fingerprint density at radius 1 is 1.16 bits per heavy atom. The van der Waals surface area contributed by atoms with Crippen molar-refractivity contribution < 1.29 is 9.90 Å². The summed E-state index contributed by atoms with van der Waals surface area (Å²) in [6, 6.07) is 5.67. The number of halogens is 3. The molecule has 4 nitrogen and oxygen atoms in total. The summed E-state index contributed by atoms with van der Waals surface area (Å²) in [5.41, 5.74) is 0.627. The van der Waals surface area contributed by atoms with E-state index in [9.17, 15) is 9.90 Å². The number of hydrogen-bond donors (Lipinski definition) is 2. The van der Waals surface area contributed by atoms with Crippen LogP contribution in [0.25, 0.3) is 0 Å². The van der Waals surface area contributed by atoms with E-state index in [-0.39, 0.29) is 26.5 Å². The largest absolute Gasteiger partial charge is 0.506 e. The highest BCUT2D eigenvalue weighted by atomic mass is 35.5. The molecule has 0 radical (unpaired) electrons. The number of nitrogens with zero attached hydrogens (tertiary/aromatic N) is 1. The predicted octanol–water partition coefficient (Wildman–Crippen LogP) is 4.00. The number of hydrogen-bond acceptors (Lipinski definition) is 3. The lowest BCUT2D eigenvalue weighted by Crippen LogP contribution is -2.12. The highest BCUT2D eigenvalue weighted by Crippen LogP contribution is 2.27. The molecule has 98 valence electrons. The highest BCUT2D eigenvalue weighted by Gasteiger charge is 2.12. The van der Waals surface area contributed by atoms with Gasteiger partial charge in [0, 0.05) is 11.9 Å². The molecule has 0 unspecified atom stereocenters. The minimum atomic E-state index is -0.448. The van der Waals surface area contributed by atoms with E-state index in [1.54, 1.807) is 0 Å². The number of phenols is 1. The maximum absolute atomic E-state index is 12.0. The number of rotatable bonds is 2. The van der Waals surface area contributed by atoms with Gasteiger partial charge >= 0.3 is 0 Å². The predicted molar refractivity (Wildman–Crippen MR) is 75.3 cm³/mol. The van der Waals surface area contributed by atoms with E-state index in [0.29, 0.717) is 5.69 Å². The van der Waals surface area contributed by atoms with Gasteiger partial charge in [0.25, 0.3) is 5.91 Å². The lowest BCUT2D eigenvalue weighted by molar-refractivity contribution is 0.102. The van der Waals surface area contributed by atoms with E-state index in [2.05, 4.69) is 10.3 Å². The van der Waals surface area contributed by atoms with Gasteiger partial charge in [0.1, 0.15) is 10.9 Å². The number of amides is 1. The molecular weight excluding hydrogens is 311 g/mol. The van der Waals surface area contributed by atoms with Crippen molar-refractivity contribution in [1.29, 1.82) is 0 Å². The van der Waals surface area contributed by atoms with E-state index in [1.165, 1.54) is 30.5 Å². The Morgan fingerprint density at radius 2 is 1.89 bits per heavy atom. The van der Waals surface area contributed by atoms with E-state index < -0.39 is 5.91 Å². The molecule has 7 heteroatoms. The molecule has 0 aliphatic carbocycles. The minimum Gasteiger partial charge on any atom is -0.506 e. The van der Waals surface area contributed by atoms with Crippen LogP contribution in [0.3, 0.4) is 0 Å². The van der Waals surface area contributed by atoms with Gasteiger partial charge in [-0.1, -0.05) is 34.8 Å². The zero-order chi connectivity index (χ0) is 14.0. The van der Waals surface area contributed by atoms with Crippen LogP contribution in [0.4, 0.5) is 5.69 Å². The molecule has 0 fully saturated rings. The normalized spacial score (nSPS) is 10.3. The fourth-order valence-corrected chi connectivity index (χ4v) is 1.90. The van der Waals surface area contributed by atoms with Gasteiger partial charge in [0.15, 0.2) is 0 Å². The van der Waals surface area contributed by atoms with Crippen LogP contribution in [-0.4, -0.2) is 16.0 Å². The summed E-state index contributed by atoms with van der Waals surface area (Å²) in [6.45, 7) is 0. The summed E-state index contributed by atoms with van der Waals surface area (Å²) in [5, 5.41) is 12.4. The van der Waals surface area contributed by atoms with Gasteiger partial charge in [-0.05, 0) is 24.3 Å². The summed E-state index contributed by atoms with van der Waals surface area (Å²) >= 11 is 17.3. The van der Waals surface area contributed by atoms with Crippen molar-refractivity contribution in [2.75, 3.05) is 5.32 Å². The number of aromatic hydroxyl groups is 1. The lowest BCUT2D eigenvalue weighted by Gasteiger charge is -2.07. The van der Waals surface area contributed by atoms with Gasteiger partial charge in [-0.3, -0.25) is 4.79 Å². The third-order valence-corrected chi connectivity index (χ3v) is 3.08. The topological polar surface area (TPSA) is 62.2 Å². The summed E-state index contributed by atoms with van der Waals surface area (Å²) in [5.74, 6) is -0.513. The number of pyridine rings is 1. The molecule has 1 aromatic carbocycles. The van der Waals surface area contributed by atoms with E-state index in [1.807, 2.05) is 0 Å². The van der Waals surface area contributed by atoms with E-state index >= 15 is 0 Å². The van der Waals surface area contributed by atoms with Gasteiger partial charge < -0.3 is 10.4 Å². The van der Waals surface area contributed by atoms with Crippen LogP contribution < -0.4 is 5.32 Å². The van der Waals surface area contributed by atoms with Gasteiger partial charge in [-0.15, -0.1) is 0 Å². The lowest BCUT2D eigenvalue weighted by atomic mass is 10.2. The highest BCUT2D eigenvalue weighted by molar-refractivity contribution is 6.35. The number of anilines is 1. The first-order valence-corrected chi connectivity index (χ1v) is 6.21. The molecule has 19 heavy (non-hydrogen) atoms. The number of nitrogens with one attached hydrogen (secondary N) is 1. The fraction of sp³-hybridized carbons (Fsp3) is 0. The van der Waals surface area contributed by atoms with Crippen molar-refractivity contribution in [2.45, 2.75) is 0 Å². The smallest absolute Gasteiger partial charge is 0.257 e. The van der Waals surface area contributed by atoms with Crippen LogP contribution in [0, 0.1) is 0 Å². The molecule has 2 aromatic rings. The second kappa shape index (κ2) is 5.65. The van der Waals surface area contributed by atoms with Crippen LogP contribution in [0.1, 0.15) is 10.4 Å². The van der Waals surface area contributed by atoms with Crippen LogP contribution in [0.2, 0.25) is 15.2 Å². The molecule has 0 spiro atoms. The Bertz CT molecular complexity index is 647. The quantitative estimate of drug-likeness (QED) is 0.650. The number of carbonyl (C=O) groups excluding carboxylic acids is 1. The van der Waals surface area contributed by atoms with Gasteiger partial charge in [-0.2, -0.15) is 0 Å². The zero-order valence-corrected chi connectivity index (χ0v) is 11.6. The van der Waals surface area contributed by atoms with Gasteiger partial charge in [0.2, 0.25) is 0 Å². The number of benzene rings is 1. The molecule has 0 saturated heterocycles. The average Bonchev–Trinajstić information content (AvgIpc) is 2.36. The summed E-state index contributed by atoms with van der Waals surface area (Å²) < 4.78 is 0. The zero-order valence-electron chi connectivity index (χ0n) is 9.32. The van der Waals surface area contributed by atoms with Gasteiger partial charge in [0.05, 0.1) is 15.6 Å². The fourth-order valence-electron chi connectivity index (χ4n) is 1.37. The summed E-state index contributed by atoms with van der Waals surface area (Å²) in [7, 11) is 0. The van der Waals surface area contributed by atoms with Crippen LogP contribution in [0.15, 0.2) is 30.5 Å². The molecular formula is C12H7Cl3N2O2. The molecule has 2 rings (SSSR count). The van der Waals surface area contributed by atoms with Crippen molar-refractivity contribution in [2.24, 2.45) is 0 Å². The molecule has 1 heterocycles. The van der Waals surface area contributed by atoms with Crippen molar-refractivity contribution in [3.8, 4) is 5.75 Å². The van der Waals surface area contributed by atoms with Crippen molar-refractivity contribution in [1.82, 2.24) is 4.98 Å². The van der Waals surface area contributed by atoms with E-state index in [4.69, 9.17) is 34.8 Å². The molecule has 1 amide bonds. The van der Waals surface area contributed by atoms with Crippen LogP contribution in [0.5, 0.6) is 5.75 Å². The molecule has 1 aromatic heterocycles. The first-order valence-electron chi connectivity index (χ1n) is 5.08. The third kappa shape index (κ3) is 3.29. The number of carbonyl (C=O) groups is 1. The minimum absolute atomic E-state index is 0.0651. The van der Waals surface area contributed by atoms with Crippen molar-refractivity contribution in [3.05, 3.63) is 51.2 Å². The first kappa shape index (κ1) is 13.9. The van der Waals surface area contributed by atoms with Crippen molar-refractivity contribution in [3.63, 3.8) is 0 Å². The first-order chi connectivity index (χ1) is 8.97. The number of aromatic nitrogens is 1. The molecule has 2 N–H and O–H groups in total. The Morgan fingerprint density at radius 3 is 2.58 bits per heavy atom. The third-order valence-electron chi connectivity index (χ3n) is 2.27. The van der Waals surface area contributed by atoms with Crippen molar-refractivity contribution >= 4 is 46.4 Å². The molecule has 0 atom stereocenters. The van der Waals surface area contributed by atoms with Crippen LogP contribution in [-0.2, 0) is 0 Å². The second-order valence-electron chi connectivity index (χ2n) is 3.61. The van der Waals surface area contributed by atoms with Gasteiger partial charge in [-0.25, -0.2) is 4.98 Å². The Kier molecular flexibility index (Phi) is 4.14. The van der Waals surface area contributed by atoms with E-state index in [0.717, 1.165) is 0 Å². The Hall–Kier alpha value is -1.49. The summed E-state index contributed by atoms with van der Waals surface area (Å²) in [4.78, 5) is 15.7. The SMILES string of the molecule is O=C(Nc1ccc(O)c(Cl)c1)c1cc(Cl)ncc1Cl. The standard InChI is InChI=1S/C12H7Cl3N2O2/c13-8-3-6(1-2-10(8)18)17-12(19)7-4-11(15)16-5-9(7)14/h1-5,18H,(H,17,19). The molecule has 0 bridgehead atoms. The maximum Gasteiger partial charge on any atom is 0.257 e. The molecule has 0 aliphatic rings. The summed E-state index contributed by atoms with van der Waals surface area (Å²) in [6.07, 6.45) is 1.29. The monoisotopic (exact) mass is 316 g/mol. The maximum atomic E-state index is 12.0. The average molecular weight is 318 g/mol. The second-order valence-corrected chi connectivity index (χ2v) is 4.81. The molecule has 0 aliphatic heterocycles. The Labute approximate surface area is 123 Å². The van der Waals surface area contributed by atoms with Crippen LogP contribution >= 0.6 is 34.8 Å².